The number of benzene rings is 1. The number of anilines is 1. The first-order valence-electron chi connectivity index (χ1n) is 11.1. The van der Waals surface area contributed by atoms with Gasteiger partial charge in [0, 0.05) is 28.5 Å². The normalized spacial score (nSPS) is 13.6. The fourth-order valence-electron chi connectivity index (χ4n) is 4.15. The predicted molar refractivity (Wildman–Crippen MR) is 132 cm³/mol. The van der Waals surface area contributed by atoms with Gasteiger partial charge in [-0.1, -0.05) is 23.2 Å². The van der Waals surface area contributed by atoms with E-state index >= 15 is 0 Å². The summed E-state index contributed by atoms with van der Waals surface area (Å²) in [6.07, 6.45) is 3.14. The fraction of sp³-hybridized carbons (Fsp3) is 0.333. The number of aromatic nitrogens is 3. The number of aliphatic hydroxyl groups is 1. The Hall–Kier alpha value is -3.14. The average Bonchev–Trinajstić information content (AvgIpc) is 3.21. The molecular weight excluding hydrogens is 493 g/mol. The van der Waals surface area contributed by atoms with Gasteiger partial charge in [-0.3, -0.25) is 14.3 Å². The van der Waals surface area contributed by atoms with Crippen molar-refractivity contribution >= 4 is 40.9 Å². The number of carboxylic acid groups (broad SMARTS) is 1. The minimum atomic E-state index is -1.10. The van der Waals surface area contributed by atoms with E-state index in [0.717, 1.165) is 42.0 Å². The summed E-state index contributed by atoms with van der Waals surface area (Å²) < 4.78 is 1.58. The van der Waals surface area contributed by atoms with Crippen molar-refractivity contribution < 1.29 is 19.8 Å². The van der Waals surface area contributed by atoms with Gasteiger partial charge >= 0.3 is 5.97 Å². The van der Waals surface area contributed by atoms with Gasteiger partial charge in [0.05, 0.1) is 31.2 Å². The zero-order chi connectivity index (χ0) is 25.1. The summed E-state index contributed by atoms with van der Waals surface area (Å²) in [6, 6.07) is 5.84. The molecule has 1 aliphatic rings. The number of carboxylic acids is 1. The number of carbonyl (C=O) groups excluding carboxylic acids is 1. The zero-order valence-corrected chi connectivity index (χ0v) is 20.5. The molecule has 4 N–H and O–H groups in total. The molecule has 35 heavy (non-hydrogen) atoms. The molecule has 1 unspecified atom stereocenters. The number of hydrogen-bond donors (Lipinski definition) is 4. The van der Waals surface area contributed by atoms with Crippen molar-refractivity contribution in [1.29, 1.82) is 0 Å². The first-order valence-corrected chi connectivity index (χ1v) is 11.9. The smallest absolute Gasteiger partial charge is 0.305 e. The van der Waals surface area contributed by atoms with Crippen LogP contribution < -0.4 is 10.6 Å². The highest BCUT2D eigenvalue weighted by atomic mass is 35.5. The molecule has 0 fully saturated rings. The van der Waals surface area contributed by atoms with E-state index in [1.54, 1.807) is 23.0 Å². The van der Waals surface area contributed by atoms with E-state index in [9.17, 15) is 19.8 Å². The highest BCUT2D eigenvalue weighted by Crippen LogP contribution is 2.27. The fourth-order valence-corrected chi connectivity index (χ4v) is 4.69. The molecule has 3 aromatic rings. The Bertz CT molecular complexity index is 1260. The van der Waals surface area contributed by atoms with Gasteiger partial charge in [-0.2, -0.15) is 5.10 Å². The van der Waals surface area contributed by atoms with Crippen LogP contribution in [0, 0.1) is 6.92 Å². The van der Waals surface area contributed by atoms with Gasteiger partial charge < -0.3 is 20.8 Å². The number of aliphatic hydroxyl groups excluding tert-OH is 1. The Kier molecular flexibility index (Phi) is 7.59. The number of fused-ring (bicyclic) bond motifs is 1. The van der Waals surface area contributed by atoms with Gasteiger partial charge in [-0.25, -0.2) is 4.98 Å². The van der Waals surface area contributed by atoms with Gasteiger partial charge in [0.1, 0.15) is 11.5 Å². The lowest BCUT2D eigenvalue weighted by Crippen LogP contribution is -2.30. The van der Waals surface area contributed by atoms with Gasteiger partial charge in [-0.15, -0.1) is 0 Å². The van der Waals surface area contributed by atoms with Crippen molar-refractivity contribution in [1.82, 2.24) is 20.1 Å². The van der Waals surface area contributed by atoms with E-state index in [2.05, 4.69) is 26.8 Å². The monoisotopic (exact) mass is 517 g/mol. The van der Waals surface area contributed by atoms with E-state index in [0.29, 0.717) is 22.2 Å². The number of halogens is 2. The number of aliphatic carboxylic acids is 1. The van der Waals surface area contributed by atoms with Crippen LogP contribution in [0.4, 0.5) is 5.82 Å². The van der Waals surface area contributed by atoms with Crippen LogP contribution in [-0.4, -0.2) is 43.4 Å². The molecule has 0 spiro atoms. The minimum absolute atomic E-state index is 0.154. The minimum Gasteiger partial charge on any atom is -0.481 e. The van der Waals surface area contributed by atoms with Crippen LogP contribution in [0.5, 0.6) is 0 Å². The highest BCUT2D eigenvalue weighted by molar-refractivity contribution is 6.34. The molecule has 1 atom stereocenters. The van der Waals surface area contributed by atoms with Crippen LogP contribution >= 0.6 is 23.2 Å². The molecule has 0 aliphatic carbocycles. The van der Waals surface area contributed by atoms with Crippen LogP contribution in [0.25, 0.3) is 0 Å². The van der Waals surface area contributed by atoms with E-state index in [1.165, 1.54) is 6.07 Å². The van der Waals surface area contributed by atoms with Gasteiger partial charge in [0.25, 0.3) is 5.91 Å². The summed E-state index contributed by atoms with van der Waals surface area (Å²) in [6.45, 7) is 2.74. The number of nitrogens with one attached hydrogen (secondary N) is 2. The first-order chi connectivity index (χ1) is 16.7. The summed E-state index contributed by atoms with van der Waals surface area (Å²) >= 11 is 12.1. The molecule has 0 saturated carbocycles. The molecular formula is C24H25Cl2N5O4. The summed E-state index contributed by atoms with van der Waals surface area (Å²) in [5, 5.41) is 30.2. The molecule has 0 radical (unpaired) electrons. The van der Waals surface area contributed by atoms with Crippen molar-refractivity contribution in [3.63, 3.8) is 0 Å². The Morgan fingerprint density at radius 2 is 1.97 bits per heavy atom. The van der Waals surface area contributed by atoms with Crippen molar-refractivity contribution in [2.24, 2.45) is 0 Å². The van der Waals surface area contributed by atoms with Gasteiger partial charge in [0.2, 0.25) is 0 Å². The maximum absolute atomic E-state index is 13.1. The number of pyridine rings is 1. The second-order valence-corrected chi connectivity index (χ2v) is 9.32. The number of nitrogens with zero attached hydrogens (tertiary/aromatic N) is 3. The molecule has 11 heteroatoms. The van der Waals surface area contributed by atoms with Crippen LogP contribution in [0.2, 0.25) is 10.0 Å². The number of rotatable bonds is 8. The quantitative estimate of drug-likeness (QED) is 0.358. The summed E-state index contributed by atoms with van der Waals surface area (Å²) in [7, 11) is 0. The van der Waals surface area contributed by atoms with Gasteiger partial charge in [0.15, 0.2) is 0 Å². The largest absolute Gasteiger partial charge is 0.481 e. The molecule has 2 aromatic heterocycles. The maximum Gasteiger partial charge on any atom is 0.305 e. The summed E-state index contributed by atoms with van der Waals surface area (Å²) in [4.78, 5) is 29.2. The lowest BCUT2D eigenvalue weighted by Gasteiger charge is -2.19. The number of hydrogen-bond acceptors (Lipinski definition) is 6. The lowest BCUT2D eigenvalue weighted by atomic mass is 10.0. The molecule has 1 aliphatic heterocycles. The average molecular weight is 518 g/mol. The second kappa shape index (κ2) is 10.6. The molecule has 184 valence electrons. The van der Waals surface area contributed by atoms with E-state index in [1.807, 2.05) is 6.92 Å². The maximum atomic E-state index is 13.1. The van der Waals surface area contributed by atoms with Crippen LogP contribution in [0.3, 0.4) is 0 Å². The Morgan fingerprint density at radius 1 is 1.23 bits per heavy atom. The van der Waals surface area contributed by atoms with Crippen molar-refractivity contribution in [3.8, 4) is 0 Å². The molecule has 3 heterocycles. The topological polar surface area (TPSA) is 129 Å². The van der Waals surface area contributed by atoms with E-state index < -0.39 is 24.5 Å². The third-order valence-corrected chi connectivity index (χ3v) is 6.28. The molecule has 0 bridgehead atoms. The van der Waals surface area contributed by atoms with Crippen LogP contribution in [0.15, 0.2) is 30.5 Å². The first kappa shape index (κ1) is 25.0. The van der Waals surface area contributed by atoms with E-state index in [-0.39, 0.29) is 17.7 Å². The Morgan fingerprint density at radius 3 is 2.66 bits per heavy atom. The SMILES string of the molecule is Cc1nc2c(cc1Cn1cc(C(=O)NC(CC(=O)O)c3cc(Cl)cc(Cl)c3)c(CO)n1)CCCN2. The lowest BCUT2D eigenvalue weighted by molar-refractivity contribution is -0.137. The van der Waals surface area contributed by atoms with Crippen molar-refractivity contribution in [2.45, 2.75) is 45.4 Å². The summed E-state index contributed by atoms with van der Waals surface area (Å²) in [5.74, 6) is -0.763. The van der Waals surface area contributed by atoms with E-state index in [4.69, 9.17) is 23.2 Å². The number of amides is 1. The van der Waals surface area contributed by atoms with Crippen LogP contribution in [0.1, 0.15) is 57.3 Å². The zero-order valence-electron chi connectivity index (χ0n) is 19.0. The molecule has 9 nitrogen and oxygen atoms in total. The second-order valence-electron chi connectivity index (χ2n) is 8.44. The summed E-state index contributed by atoms with van der Waals surface area (Å²) in [5.41, 5.74) is 3.75. The van der Waals surface area contributed by atoms with Crippen LogP contribution in [-0.2, 0) is 24.4 Å². The predicted octanol–water partition coefficient (Wildman–Crippen LogP) is 3.74. The third-order valence-electron chi connectivity index (χ3n) is 5.85. The highest BCUT2D eigenvalue weighted by Gasteiger charge is 2.23. The number of aryl methyl sites for hydroxylation is 2. The van der Waals surface area contributed by atoms with Crippen molar-refractivity contribution in [3.05, 3.63) is 74.1 Å². The molecule has 0 saturated heterocycles. The standard InChI is InChI=1S/C24H25Cl2N5O4/c1-13-16(5-14-3-2-4-27-23(14)28-13)10-31-11-19(21(12-32)30-31)24(35)29-20(9-22(33)34)15-6-17(25)8-18(26)7-15/h5-8,11,20,32H,2-4,9-10,12H2,1H3,(H,27,28)(H,29,35)(H,33,34). The Labute approximate surface area is 212 Å². The third kappa shape index (κ3) is 5.93. The molecule has 1 aromatic carbocycles. The molecule has 4 rings (SSSR count). The van der Waals surface area contributed by atoms with Crippen molar-refractivity contribution in [2.75, 3.05) is 11.9 Å². The number of carbonyl (C=O) groups is 2. The molecule has 1 amide bonds. The Balaban J connectivity index is 1.58. The van der Waals surface area contributed by atoms with Gasteiger partial charge in [-0.05, 0) is 60.7 Å².